The topological polar surface area (TPSA) is 89.8 Å². The lowest BCUT2D eigenvalue weighted by molar-refractivity contribution is 0.0849. The first kappa shape index (κ1) is 14.9. The lowest BCUT2D eigenvalue weighted by atomic mass is 9.92. The monoisotopic (exact) mass is 287 g/mol. The number of carbonyl (C=O) groups is 1. The van der Waals surface area contributed by atoms with Crippen LogP contribution in [-0.4, -0.2) is 27.8 Å². The second kappa shape index (κ2) is 5.85. The zero-order valence-electron chi connectivity index (χ0n) is 11.6. The van der Waals surface area contributed by atoms with E-state index in [0.29, 0.717) is 0 Å². The number of aromatic hydroxyl groups is 2. The molecule has 0 radical (unpaired) electrons. The van der Waals surface area contributed by atoms with E-state index >= 15 is 0 Å². The van der Waals surface area contributed by atoms with Gasteiger partial charge in [-0.15, -0.1) is 0 Å². The van der Waals surface area contributed by atoms with Crippen molar-refractivity contribution in [2.24, 2.45) is 0 Å². The SMILES string of the molecule is CC(CO)(NC(=O)c1cc(O)cc(O)c1)c1ccccc1. The van der Waals surface area contributed by atoms with Crippen LogP contribution < -0.4 is 5.32 Å². The van der Waals surface area contributed by atoms with Crippen LogP contribution in [0.25, 0.3) is 0 Å². The van der Waals surface area contributed by atoms with Crippen molar-refractivity contribution < 1.29 is 20.1 Å². The molecule has 1 atom stereocenters. The van der Waals surface area contributed by atoms with Gasteiger partial charge in [-0.25, -0.2) is 0 Å². The van der Waals surface area contributed by atoms with E-state index in [9.17, 15) is 20.1 Å². The average Bonchev–Trinajstić information content (AvgIpc) is 2.47. The predicted octanol–water partition coefficient (Wildman–Crippen LogP) is 1.74. The van der Waals surface area contributed by atoms with Crippen LogP contribution in [0.3, 0.4) is 0 Å². The molecular weight excluding hydrogens is 270 g/mol. The van der Waals surface area contributed by atoms with Gasteiger partial charge < -0.3 is 20.6 Å². The lowest BCUT2D eigenvalue weighted by Crippen LogP contribution is -2.46. The Bertz CT molecular complexity index is 622. The summed E-state index contributed by atoms with van der Waals surface area (Å²) in [7, 11) is 0. The molecule has 0 saturated carbocycles. The second-order valence-corrected chi connectivity index (χ2v) is 5.05. The van der Waals surface area contributed by atoms with Crippen LogP contribution in [-0.2, 0) is 5.54 Å². The molecule has 0 heterocycles. The number of phenolic OH excluding ortho intramolecular Hbond substituents is 2. The molecule has 0 fully saturated rings. The number of hydrogen-bond acceptors (Lipinski definition) is 4. The van der Waals surface area contributed by atoms with Crippen LogP contribution >= 0.6 is 0 Å². The number of aliphatic hydroxyl groups excluding tert-OH is 1. The highest BCUT2D eigenvalue weighted by atomic mass is 16.3. The Balaban J connectivity index is 2.28. The van der Waals surface area contributed by atoms with Gasteiger partial charge in [0.15, 0.2) is 0 Å². The summed E-state index contributed by atoms with van der Waals surface area (Å²) in [6.45, 7) is 1.41. The Labute approximate surface area is 122 Å². The van der Waals surface area contributed by atoms with Crippen molar-refractivity contribution >= 4 is 5.91 Å². The molecule has 5 nitrogen and oxygen atoms in total. The van der Waals surface area contributed by atoms with Crippen molar-refractivity contribution in [1.82, 2.24) is 5.32 Å². The molecule has 4 N–H and O–H groups in total. The molecule has 2 rings (SSSR count). The fourth-order valence-electron chi connectivity index (χ4n) is 2.06. The summed E-state index contributed by atoms with van der Waals surface area (Å²) in [5, 5.41) is 31.2. The van der Waals surface area contributed by atoms with E-state index in [-0.39, 0.29) is 23.7 Å². The molecule has 110 valence electrons. The molecule has 0 spiro atoms. The second-order valence-electron chi connectivity index (χ2n) is 5.05. The normalized spacial score (nSPS) is 13.4. The first-order valence-corrected chi connectivity index (χ1v) is 6.46. The van der Waals surface area contributed by atoms with Gasteiger partial charge in [0.25, 0.3) is 5.91 Å². The molecule has 0 saturated heterocycles. The zero-order valence-corrected chi connectivity index (χ0v) is 11.6. The summed E-state index contributed by atoms with van der Waals surface area (Å²) in [6.07, 6.45) is 0. The predicted molar refractivity (Wildman–Crippen MR) is 78.1 cm³/mol. The summed E-state index contributed by atoms with van der Waals surface area (Å²) >= 11 is 0. The lowest BCUT2D eigenvalue weighted by Gasteiger charge is -2.29. The third kappa shape index (κ3) is 3.32. The van der Waals surface area contributed by atoms with Gasteiger partial charge in [0.05, 0.1) is 12.1 Å². The fraction of sp³-hybridized carbons (Fsp3) is 0.188. The van der Waals surface area contributed by atoms with Gasteiger partial charge in [-0.05, 0) is 24.6 Å². The fourth-order valence-corrected chi connectivity index (χ4v) is 2.06. The maximum Gasteiger partial charge on any atom is 0.252 e. The smallest absolute Gasteiger partial charge is 0.252 e. The first-order valence-electron chi connectivity index (χ1n) is 6.46. The van der Waals surface area contributed by atoms with E-state index in [1.54, 1.807) is 19.1 Å². The van der Waals surface area contributed by atoms with Crippen molar-refractivity contribution in [3.63, 3.8) is 0 Å². The summed E-state index contributed by atoms with van der Waals surface area (Å²) < 4.78 is 0. The highest BCUT2D eigenvalue weighted by Gasteiger charge is 2.28. The molecule has 2 aromatic rings. The number of rotatable bonds is 4. The minimum absolute atomic E-state index is 0.114. The molecular formula is C16H17NO4. The van der Waals surface area contributed by atoms with Crippen LogP contribution in [0.4, 0.5) is 0 Å². The van der Waals surface area contributed by atoms with E-state index in [4.69, 9.17) is 0 Å². The van der Waals surface area contributed by atoms with Gasteiger partial charge in [0.1, 0.15) is 11.5 Å². The van der Waals surface area contributed by atoms with Gasteiger partial charge in [0.2, 0.25) is 0 Å². The average molecular weight is 287 g/mol. The third-order valence-electron chi connectivity index (χ3n) is 3.28. The number of phenols is 2. The maximum absolute atomic E-state index is 12.3. The molecule has 5 heteroatoms. The highest BCUT2D eigenvalue weighted by molar-refractivity contribution is 5.95. The number of carbonyl (C=O) groups excluding carboxylic acids is 1. The van der Waals surface area contributed by atoms with E-state index in [0.717, 1.165) is 11.6 Å². The number of nitrogens with one attached hydrogen (secondary N) is 1. The van der Waals surface area contributed by atoms with Gasteiger partial charge in [-0.2, -0.15) is 0 Å². The molecule has 1 unspecified atom stereocenters. The van der Waals surface area contributed by atoms with Crippen LogP contribution in [0.1, 0.15) is 22.8 Å². The molecule has 0 aliphatic rings. The van der Waals surface area contributed by atoms with Crippen LogP contribution in [0.15, 0.2) is 48.5 Å². The zero-order chi connectivity index (χ0) is 15.5. The molecule has 21 heavy (non-hydrogen) atoms. The Morgan fingerprint density at radius 1 is 1.10 bits per heavy atom. The van der Waals surface area contributed by atoms with Crippen LogP contribution in [0, 0.1) is 0 Å². The summed E-state index contributed by atoms with van der Waals surface area (Å²) in [5.74, 6) is -0.905. The number of hydrogen-bond donors (Lipinski definition) is 4. The largest absolute Gasteiger partial charge is 0.508 e. The standard InChI is InChI=1S/C16H17NO4/c1-16(10-18,12-5-3-2-4-6-12)17-15(21)11-7-13(19)9-14(20)8-11/h2-9,18-20H,10H2,1H3,(H,17,21). The molecule has 0 aliphatic carbocycles. The Morgan fingerprint density at radius 3 is 2.19 bits per heavy atom. The van der Waals surface area contributed by atoms with Crippen molar-refractivity contribution in [3.8, 4) is 11.5 Å². The van der Waals surface area contributed by atoms with E-state index in [1.807, 2.05) is 18.2 Å². The van der Waals surface area contributed by atoms with E-state index in [1.165, 1.54) is 12.1 Å². The number of benzene rings is 2. The van der Waals surface area contributed by atoms with Gasteiger partial charge >= 0.3 is 0 Å². The molecule has 0 bridgehead atoms. The van der Waals surface area contributed by atoms with Gasteiger partial charge in [-0.1, -0.05) is 30.3 Å². The number of amides is 1. The van der Waals surface area contributed by atoms with Gasteiger partial charge in [0, 0.05) is 11.6 Å². The minimum atomic E-state index is -0.959. The van der Waals surface area contributed by atoms with Gasteiger partial charge in [-0.3, -0.25) is 4.79 Å². The highest BCUT2D eigenvalue weighted by Crippen LogP contribution is 2.23. The van der Waals surface area contributed by atoms with Crippen molar-refractivity contribution in [1.29, 1.82) is 0 Å². The van der Waals surface area contributed by atoms with Crippen molar-refractivity contribution in [2.75, 3.05) is 6.61 Å². The minimum Gasteiger partial charge on any atom is -0.508 e. The molecule has 2 aromatic carbocycles. The quantitative estimate of drug-likeness (QED) is 0.689. The van der Waals surface area contributed by atoms with Crippen LogP contribution in [0.2, 0.25) is 0 Å². The molecule has 1 amide bonds. The Kier molecular flexibility index (Phi) is 4.14. The third-order valence-corrected chi connectivity index (χ3v) is 3.28. The van der Waals surface area contributed by atoms with E-state index < -0.39 is 11.4 Å². The van der Waals surface area contributed by atoms with Crippen molar-refractivity contribution in [3.05, 3.63) is 59.7 Å². The molecule has 0 aromatic heterocycles. The molecule has 0 aliphatic heterocycles. The van der Waals surface area contributed by atoms with Crippen molar-refractivity contribution in [2.45, 2.75) is 12.5 Å². The summed E-state index contributed by atoms with van der Waals surface area (Å²) in [5.41, 5.74) is -0.0901. The van der Waals surface area contributed by atoms with Crippen LogP contribution in [0.5, 0.6) is 11.5 Å². The van der Waals surface area contributed by atoms with E-state index in [2.05, 4.69) is 5.32 Å². The summed E-state index contributed by atoms with van der Waals surface area (Å²) in [4.78, 5) is 12.3. The maximum atomic E-state index is 12.3. The number of aliphatic hydroxyl groups is 1. The first-order chi connectivity index (χ1) is 9.94. The Morgan fingerprint density at radius 2 is 1.67 bits per heavy atom. The Hall–Kier alpha value is -2.53. The summed E-state index contributed by atoms with van der Waals surface area (Å²) in [6, 6.07) is 12.7.